The van der Waals surface area contributed by atoms with Crippen molar-refractivity contribution in [1.82, 2.24) is 5.32 Å². The van der Waals surface area contributed by atoms with Gasteiger partial charge in [0.2, 0.25) is 5.91 Å². The van der Waals surface area contributed by atoms with Gasteiger partial charge in [0.15, 0.2) is 0 Å². The van der Waals surface area contributed by atoms with Gasteiger partial charge < -0.3 is 14.5 Å². The predicted molar refractivity (Wildman–Crippen MR) is 75.4 cm³/mol. The highest BCUT2D eigenvalue weighted by Crippen LogP contribution is 2.44. The number of amides is 1. The minimum Gasteiger partial charge on any atom is -0.469 e. The van der Waals surface area contributed by atoms with Crippen LogP contribution in [0.15, 0.2) is 22.8 Å². The van der Waals surface area contributed by atoms with Gasteiger partial charge in [-0.05, 0) is 37.8 Å². The van der Waals surface area contributed by atoms with Crippen LogP contribution < -0.4 is 5.32 Å². The first-order chi connectivity index (χ1) is 10.2. The van der Waals surface area contributed by atoms with E-state index < -0.39 is 5.60 Å². The smallest absolute Gasteiger partial charge is 0.307 e. The number of rotatable bonds is 4. The Kier molecular flexibility index (Phi) is 3.99. The van der Waals surface area contributed by atoms with Crippen LogP contribution in [-0.2, 0) is 20.7 Å². The Balaban J connectivity index is 1.58. The van der Waals surface area contributed by atoms with Crippen LogP contribution in [-0.4, -0.2) is 24.0 Å². The van der Waals surface area contributed by atoms with E-state index >= 15 is 0 Å². The summed E-state index contributed by atoms with van der Waals surface area (Å²) < 4.78 is 10.8. The summed E-state index contributed by atoms with van der Waals surface area (Å²) in [4.78, 5) is 24.1. The first-order valence-electron chi connectivity index (χ1n) is 7.72. The summed E-state index contributed by atoms with van der Waals surface area (Å²) in [7, 11) is 0. The van der Waals surface area contributed by atoms with Crippen molar-refractivity contribution in [3.63, 3.8) is 0 Å². The molecule has 1 saturated heterocycles. The molecule has 1 atom stereocenters. The molecule has 0 unspecified atom stereocenters. The maximum atomic E-state index is 12.4. The van der Waals surface area contributed by atoms with Crippen molar-refractivity contribution in [3.05, 3.63) is 24.2 Å². The lowest BCUT2D eigenvalue weighted by molar-refractivity contribution is -0.153. The first kappa shape index (κ1) is 14.2. The minimum absolute atomic E-state index is 0.0608. The molecular formula is C16H21NO4. The lowest BCUT2D eigenvalue weighted by atomic mass is 9.75. The van der Waals surface area contributed by atoms with Crippen molar-refractivity contribution in [2.24, 2.45) is 5.92 Å². The van der Waals surface area contributed by atoms with Gasteiger partial charge in [-0.1, -0.05) is 6.42 Å². The molecule has 2 aliphatic rings. The van der Waals surface area contributed by atoms with Crippen LogP contribution in [0.25, 0.3) is 0 Å². The second-order valence-electron chi connectivity index (χ2n) is 5.98. The molecule has 2 heterocycles. The fourth-order valence-electron chi connectivity index (χ4n) is 3.51. The summed E-state index contributed by atoms with van der Waals surface area (Å²) in [6.45, 7) is 0.521. The molecule has 1 aliphatic carbocycles. The molecule has 1 N–H and O–H groups in total. The van der Waals surface area contributed by atoms with E-state index in [9.17, 15) is 9.59 Å². The number of carbonyl (C=O) groups is 2. The van der Waals surface area contributed by atoms with Gasteiger partial charge in [0, 0.05) is 13.0 Å². The van der Waals surface area contributed by atoms with E-state index in [1.807, 2.05) is 12.1 Å². The van der Waals surface area contributed by atoms with Gasteiger partial charge >= 0.3 is 5.97 Å². The van der Waals surface area contributed by atoms with E-state index in [-0.39, 0.29) is 24.2 Å². The second-order valence-corrected chi connectivity index (χ2v) is 5.98. The van der Waals surface area contributed by atoms with Crippen molar-refractivity contribution >= 4 is 11.9 Å². The van der Waals surface area contributed by atoms with E-state index in [2.05, 4.69) is 5.32 Å². The average Bonchev–Trinajstić information content (AvgIpc) is 3.08. The second kappa shape index (κ2) is 5.92. The number of carbonyl (C=O) groups excluding carboxylic acids is 2. The lowest BCUT2D eigenvalue weighted by Gasteiger charge is -2.36. The van der Waals surface area contributed by atoms with Crippen molar-refractivity contribution in [2.75, 3.05) is 6.54 Å². The fraction of sp³-hybridized carbons (Fsp3) is 0.625. The highest BCUT2D eigenvalue weighted by molar-refractivity contribution is 5.87. The zero-order valence-corrected chi connectivity index (χ0v) is 12.1. The number of furan rings is 1. The zero-order valence-electron chi connectivity index (χ0n) is 12.1. The van der Waals surface area contributed by atoms with E-state index in [1.54, 1.807) is 6.26 Å². The van der Waals surface area contributed by atoms with Gasteiger partial charge in [-0.3, -0.25) is 9.59 Å². The Hall–Kier alpha value is -1.78. The van der Waals surface area contributed by atoms with E-state index in [1.165, 1.54) is 0 Å². The number of nitrogens with one attached hydrogen (secondary N) is 1. The molecule has 1 aliphatic heterocycles. The monoisotopic (exact) mass is 291 g/mol. The fourth-order valence-corrected chi connectivity index (χ4v) is 3.51. The van der Waals surface area contributed by atoms with Crippen LogP contribution in [0.2, 0.25) is 0 Å². The van der Waals surface area contributed by atoms with E-state index in [0.717, 1.165) is 37.9 Å². The van der Waals surface area contributed by atoms with E-state index in [0.29, 0.717) is 13.0 Å². The van der Waals surface area contributed by atoms with Gasteiger partial charge in [-0.15, -0.1) is 0 Å². The quantitative estimate of drug-likeness (QED) is 0.864. The summed E-state index contributed by atoms with van der Waals surface area (Å²) in [6, 6.07) is 3.72. The molecule has 5 nitrogen and oxygen atoms in total. The van der Waals surface area contributed by atoms with Gasteiger partial charge in [-0.25, -0.2) is 0 Å². The van der Waals surface area contributed by atoms with Crippen LogP contribution in [0.1, 0.15) is 44.3 Å². The summed E-state index contributed by atoms with van der Waals surface area (Å²) in [5.41, 5.74) is -0.538. The SMILES string of the molecule is O=C1C[C@H](C(=O)NCCc2ccco2)C2(CCCCC2)O1. The van der Waals surface area contributed by atoms with Crippen LogP contribution in [0.4, 0.5) is 0 Å². The molecule has 3 rings (SSSR count). The first-order valence-corrected chi connectivity index (χ1v) is 7.72. The third-order valence-electron chi connectivity index (χ3n) is 4.59. The van der Waals surface area contributed by atoms with Crippen LogP contribution in [0.3, 0.4) is 0 Å². The summed E-state index contributed by atoms with van der Waals surface area (Å²) in [5.74, 6) is 0.223. The standard InChI is InChI=1S/C16H21NO4/c18-14-11-13(16(21-14)7-2-1-3-8-16)15(19)17-9-6-12-5-4-10-20-12/h4-5,10,13H,1-3,6-9,11H2,(H,17,19)/t13-/m1/s1. The van der Waals surface area contributed by atoms with Crippen molar-refractivity contribution < 1.29 is 18.7 Å². The largest absolute Gasteiger partial charge is 0.469 e. The maximum absolute atomic E-state index is 12.4. The Bertz CT molecular complexity index is 502. The molecule has 0 radical (unpaired) electrons. The molecule has 114 valence electrons. The van der Waals surface area contributed by atoms with Crippen LogP contribution in [0, 0.1) is 5.92 Å². The molecule has 21 heavy (non-hydrogen) atoms. The molecule has 1 spiro atoms. The Morgan fingerprint density at radius 3 is 2.86 bits per heavy atom. The average molecular weight is 291 g/mol. The summed E-state index contributed by atoms with van der Waals surface area (Å²) in [5, 5.41) is 2.92. The molecule has 1 saturated carbocycles. The topological polar surface area (TPSA) is 68.5 Å². The lowest BCUT2D eigenvalue weighted by Crippen LogP contribution is -2.46. The van der Waals surface area contributed by atoms with Crippen LogP contribution in [0.5, 0.6) is 0 Å². The normalized spacial score (nSPS) is 24.0. The molecule has 1 aromatic rings. The van der Waals surface area contributed by atoms with Gasteiger partial charge in [-0.2, -0.15) is 0 Å². The van der Waals surface area contributed by atoms with Gasteiger partial charge in [0.25, 0.3) is 0 Å². The molecule has 1 aromatic heterocycles. The number of hydrogen-bond donors (Lipinski definition) is 1. The predicted octanol–water partition coefficient (Wildman–Crippen LogP) is 2.20. The highest BCUT2D eigenvalue weighted by atomic mass is 16.6. The third-order valence-corrected chi connectivity index (χ3v) is 4.59. The molecule has 0 aromatic carbocycles. The Labute approximate surface area is 124 Å². The van der Waals surface area contributed by atoms with Gasteiger partial charge in [0.05, 0.1) is 18.6 Å². The number of hydrogen-bond acceptors (Lipinski definition) is 4. The maximum Gasteiger partial charge on any atom is 0.307 e. The van der Waals surface area contributed by atoms with Gasteiger partial charge in [0.1, 0.15) is 11.4 Å². The van der Waals surface area contributed by atoms with Crippen LogP contribution >= 0.6 is 0 Å². The summed E-state index contributed by atoms with van der Waals surface area (Å²) >= 11 is 0. The summed E-state index contributed by atoms with van der Waals surface area (Å²) in [6.07, 6.45) is 7.35. The number of ether oxygens (including phenoxy) is 1. The molecule has 1 amide bonds. The van der Waals surface area contributed by atoms with E-state index in [4.69, 9.17) is 9.15 Å². The molecule has 2 fully saturated rings. The highest BCUT2D eigenvalue weighted by Gasteiger charge is 2.52. The Morgan fingerprint density at radius 1 is 1.33 bits per heavy atom. The van der Waals surface area contributed by atoms with Crippen molar-refractivity contribution in [2.45, 2.75) is 50.5 Å². The molecular weight excluding hydrogens is 270 g/mol. The minimum atomic E-state index is -0.538. The number of esters is 1. The molecule has 5 heteroatoms. The zero-order chi connectivity index (χ0) is 14.7. The third kappa shape index (κ3) is 2.96. The van der Waals surface area contributed by atoms with Crippen molar-refractivity contribution in [3.8, 4) is 0 Å². The molecule has 0 bridgehead atoms. The van der Waals surface area contributed by atoms with Crippen molar-refractivity contribution in [1.29, 1.82) is 0 Å². The Morgan fingerprint density at radius 2 is 2.14 bits per heavy atom.